The number of aromatic nitrogens is 2. The monoisotopic (exact) mass is 465 g/mol. The average Bonchev–Trinajstić information content (AvgIpc) is 3.31. The zero-order chi connectivity index (χ0) is 22.4. The largest absolute Gasteiger partial charge is 0.508 e. The number of hydrogen-bond donors (Lipinski definition) is 1. The minimum absolute atomic E-state index is 0.0195. The van der Waals surface area contributed by atoms with Gasteiger partial charge in [0.25, 0.3) is 0 Å². The molecule has 1 aliphatic rings. The lowest BCUT2D eigenvalue weighted by Gasteiger charge is -2.26. The van der Waals surface area contributed by atoms with Crippen LogP contribution in [-0.2, 0) is 17.9 Å². The molecule has 0 radical (unpaired) electrons. The molecule has 1 atom stereocenters. The molecule has 0 bridgehead atoms. The van der Waals surface area contributed by atoms with Crippen LogP contribution >= 0.6 is 23.2 Å². The lowest BCUT2D eigenvalue weighted by atomic mass is 9.97. The van der Waals surface area contributed by atoms with Crippen molar-refractivity contribution >= 4 is 40.0 Å². The summed E-state index contributed by atoms with van der Waals surface area (Å²) in [5, 5.41) is 17.3. The summed E-state index contributed by atoms with van der Waals surface area (Å²) in [4.78, 5) is 15.2. The van der Waals surface area contributed by atoms with Crippen molar-refractivity contribution in [2.24, 2.45) is 0 Å². The van der Waals surface area contributed by atoms with Crippen molar-refractivity contribution in [2.75, 3.05) is 0 Å². The third kappa shape index (κ3) is 3.61. The number of aromatic hydroxyl groups is 1. The molecular weight excluding hydrogens is 445 g/mol. The second-order valence-electron chi connectivity index (χ2n) is 8.05. The zero-order valence-corrected chi connectivity index (χ0v) is 18.9. The Balaban J connectivity index is 1.45. The van der Waals surface area contributed by atoms with Crippen LogP contribution in [0.5, 0.6) is 5.75 Å². The minimum atomic E-state index is -0.386. The van der Waals surface area contributed by atoms with Crippen molar-refractivity contribution in [3.63, 3.8) is 0 Å². The normalized spacial score (nSPS) is 15.3. The first-order valence-corrected chi connectivity index (χ1v) is 11.2. The molecule has 1 aliphatic heterocycles. The molecule has 0 fully saturated rings. The maximum Gasteiger partial charge on any atom is 0.225 e. The van der Waals surface area contributed by atoms with Gasteiger partial charge in [0, 0.05) is 34.0 Å². The summed E-state index contributed by atoms with van der Waals surface area (Å²) in [5.74, 6) is 0.103. The predicted octanol–water partition coefficient (Wildman–Crippen LogP) is 5.88. The van der Waals surface area contributed by atoms with Crippen LogP contribution in [0.4, 0.5) is 0 Å². The maximum absolute atomic E-state index is 13.4. The number of carbonyl (C=O) groups excluding carboxylic acids is 1. The van der Waals surface area contributed by atoms with Crippen molar-refractivity contribution in [3.8, 4) is 5.75 Å². The van der Waals surface area contributed by atoms with E-state index < -0.39 is 0 Å². The van der Waals surface area contributed by atoms with E-state index in [-0.39, 0.29) is 24.1 Å². The summed E-state index contributed by atoms with van der Waals surface area (Å²) < 4.78 is 1.84. The van der Waals surface area contributed by atoms with Gasteiger partial charge in [-0.3, -0.25) is 9.48 Å². The molecule has 5 nitrogen and oxygen atoms in total. The van der Waals surface area contributed by atoms with Crippen LogP contribution in [0.2, 0.25) is 10.0 Å². The summed E-state index contributed by atoms with van der Waals surface area (Å²) in [6, 6.07) is 18.2. The number of benzene rings is 3. The number of halogens is 2. The lowest BCUT2D eigenvalue weighted by molar-refractivity contribution is -0.133. The highest BCUT2D eigenvalue weighted by Crippen LogP contribution is 2.42. The van der Waals surface area contributed by atoms with E-state index in [1.54, 1.807) is 18.2 Å². The number of nitrogens with zero attached hydrogens (tertiary/aromatic N) is 3. The molecule has 2 heterocycles. The average molecular weight is 466 g/mol. The molecule has 1 amide bonds. The van der Waals surface area contributed by atoms with Crippen LogP contribution in [0.15, 0.2) is 60.7 Å². The van der Waals surface area contributed by atoms with Gasteiger partial charge in [-0.1, -0.05) is 47.5 Å². The van der Waals surface area contributed by atoms with Crippen LogP contribution in [0.25, 0.3) is 10.9 Å². The standard InChI is InChI=1S/C25H21Cl2N3O2/c1-15-19-8-6-18(27)13-22(19)30(28-15)11-10-24(32)29-14-16-4-2-3-5-20(16)25(29)21-12-17(26)7-9-23(21)31/h2-9,12-13,25,31H,10-11,14H2,1H3. The number of phenolic OH excluding ortho intramolecular Hbond substituents is 1. The van der Waals surface area contributed by atoms with Crippen LogP contribution in [-0.4, -0.2) is 25.7 Å². The molecule has 5 rings (SSSR count). The van der Waals surface area contributed by atoms with E-state index in [4.69, 9.17) is 23.2 Å². The zero-order valence-electron chi connectivity index (χ0n) is 17.4. The van der Waals surface area contributed by atoms with Crippen LogP contribution in [0.3, 0.4) is 0 Å². The number of rotatable bonds is 4. The summed E-state index contributed by atoms with van der Waals surface area (Å²) in [7, 11) is 0. The van der Waals surface area contributed by atoms with Gasteiger partial charge in [-0.05, 0) is 54.4 Å². The van der Waals surface area contributed by atoms with E-state index in [1.165, 1.54) is 0 Å². The van der Waals surface area contributed by atoms with Gasteiger partial charge in [0.1, 0.15) is 5.75 Å². The number of carbonyl (C=O) groups is 1. The van der Waals surface area contributed by atoms with Crippen molar-refractivity contribution in [2.45, 2.75) is 32.5 Å². The fourth-order valence-electron chi connectivity index (χ4n) is 4.53. The molecular formula is C25H21Cl2N3O2. The first-order valence-electron chi connectivity index (χ1n) is 10.4. The van der Waals surface area contributed by atoms with Gasteiger partial charge in [-0.25, -0.2) is 0 Å². The molecule has 1 unspecified atom stereocenters. The van der Waals surface area contributed by atoms with Crippen molar-refractivity contribution in [3.05, 3.63) is 93.1 Å². The molecule has 0 saturated heterocycles. The molecule has 1 aromatic heterocycles. The van der Waals surface area contributed by atoms with Gasteiger partial charge in [0.2, 0.25) is 5.91 Å². The van der Waals surface area contributed by atoms with E-state index in [2.05, 4.69) is 5.10 Å². The summed E-state index contributed by atoms with van der Waals surface area (Å²) in [5.41, 5.74) is 4.52. The Labute approximate surface area is 195 Å². The SMILES string of the molecule is Cc1nn(CCC(=O)N2Cc3ccccc3C2c2cc(Cl)ccc2O)c2cc(Cl)ccc12. The summed E-state index contributed by atoms with van der Waals surface area (Å²) in [6.45, 7) is 2.87. The fraction of sp³-hybridized carbons (Fsp3) is 0.200. The van der Waals surface area contributed by atoms with Gasteiger partial charge < -0.3 is 10.0 Å². The highest BCUT2D eigenvalue weighted by atomic mass is 35.5. The summed E-state index contributed by atoms with van der Waals surface area (Å²) >= 11 is 12.4. The van der Waals surface area contributed by atoms with Gasteiger partial charge >= 0.3 is 0 Å². The van der Waals surface area contributed by atoms with Gasteiger partial charge in [0.15, 0.2) is 0 Å². The van der Waals surface area contributed by atoms with E-state index in [1.807, 2.05) is 59.0 Å². The second-order valence-corrected chi connectivity index (χ2v) is 8.92. The van der Waals surface area contributed by atoms with Crippen molar-refractivity contribution in [1.82, 2.24) is 14.7 Å². The Morgan fingerprint density at radius 3 is 2.66 bits per heavy atom. The highest BCUT2D eigenvalue weighted by molar-refractivity contribution is 6.31. The number of amides is 1. The molecule has 32 heavy (non-hydrogen) atoms. The molecule has 162 valence electrons. The van der Waals surface area contributed by atoms with E-state index in [0.717, 1.165) is 27.7 Å². The predicted molar refractivity (Wildman–Crippen MR) is 126 cm³/mol. The fourth-order valence-corrected chi connectivity index (χ4v) is 4.88. The molecule has 4 aromatic rings. The molecule has 0 saturated carbocycles. The van der Waals surface area contributed by atoms with Gasteiger partial charge in [-0.2, -0.15) is 5.10 Å². The minimum Gasteiger partial charge on any atom is -0.508 e. The van der Waals surface area contributed by atoms with E-state index in [0.29, 0.717) is 28.7 Å². The van der Waals surface area contributed by atoms with Gasteiger partial charge in [0.05, 0.1) is 23.8 Å². The second kappa shape index (κ2) is 8.15. The summed E-state index contributed by atoms with van der Waals surface area (Å²) in [6.07, 6.45) is 0.272. The number of aryl methyl sites for hydroxylation is 2. The number of hydrogen-bond acceptors (Lipinski definition) is 3. The third-order valence-corrected chi connectivity index (χ3v) is 6.51. The van der Waals surface area contributed by atoms with E-state index >= 15 is 0 Å². The quantitative estimate of drug-likeness (QED) is 0.409. The first-order chi connectivity index (χ1) is 15.4. The Bertz CT molecular complexity index is 1350. The van der Waals surface area contributed by atoms with Crippen LogP contribution in [0, 0.1) is 6.92 Å². The Morgan fingerprint density at radius 1 is 1.06 bits per heavy atom. The lowest BCUT2D eigenvalue weighted by Crippen LogP contribution is -2.31. The number of fused-ring (bicyclic) bond motifs is 2. The topological polar surface area (TPSA) is 58.4 Å². The van der Waals surface area contributed by atoms with Crippen LogP contribution in [0.1, 0.15) is 34.8 Å². The Kier molecular flexibility index (Phi) is 5.31. The first kappa shape index (κ1) is 20.9. The molecule has 0 spiro atoms. The van der Waals surface area contributed by atoms with E-state index in [9.17, 15) is 9.90 Å². The van der Waals surface area contributed by atoms with Crippen LogP contribution < -0.4 is 0 Å². The smallest absolute Gasteiger partial charge is 0.225 e. The van der Waals surface area contributed by atoms with Crippen molar-refractivity contribution in [1.29, 1.82) is 0 Å². The van der Waals surface area contributed by atoms with Crippen molar-refractivity contribution < 1.29 is 9.90 Å². The molecule has 3 aromatic carbocycles. The maximum atomic E-state index is 13.4. The highest BCUT2D eigenvalue weighted by Gasteiger charge is 2.35. The molecule has 1 N–H and O–H groups in total. The number of phenols is 1. The Hall–Kier alpha value is -3.02. The van der Waals surface area contributed by atoms with Gasteiger partial charge in [-0.15, -0.1) is 0 Å². The Morgan fingerprint density at radius 2 is 1.81 bits per heavy atom. The third-order valence-electron chi connectivity index (χ3n) is 6.04. The molecule has 0 aliphatic carbocycles. The molecule has 7 heteroatoms.